The number of fused-ring (bicyclic) bond motifs is 6. The minimum absolute atomic E-state index is 0.0500. The van der Waals surface area contributed by atoms with Crippen LogP contribution in [0.15, 0.2) is 97.2 Å². The molecule has 1 fully saturated rings. The van der Waals surface area contributed by atoms with Gasteiger partial charge in [0.2, 0.25) is 5.91 Å². The van der Waals surface area contributed by atoms with Crippen molar-refractivity contribution in [3.8, 4) is 0 Å². The molecule has 212 valence electrons. The summed E-state index contributed by atoms with van der Waals surface area (Å²) in [6.45, 7) is 0. The molecule has 4 atom stereocenters. The van der Waals surface area contributed by atoms with Gasteiger partial charge in [-0.1, -0.05) is 77.8 Å². The number of non-ortho nitro benzene ring substituents is 1. The third kappa shape index (κ3) is 3.87. The van der Waals surface area contributed by atoms with Crippen LogP contribution in [0, 0.1) is 16.0 Å². The third-order valence-corrected chi connectivity index (χ3v) is 9.21. The Balaban J connectivity index is 1.54. The predicted molar refractivity (Wildman–Crippen MR) is 162 cm³/mol. The molecule has 1 spiro atoms. The van der Waals surface area contributed by atoms with Gasteiger partial charge in [-0.2, -0.15) is 0 Å². The first kappa shape index (κ1) is 27.1. The molecule has 10 heteroatoms. The number of halogens is 2. The summed E-state index contributed by atoms with van der Waals surface area (Å²) < 4.78 is 0. The zero-order chi connectivity index (χ0) is 30.0. The monoisotopic (exact) mass is 609 g/mol. The van der Waals surface area contributed by atoms with E-state index in [9.17, 15) is 24.5 Å². The van der Waals surface area contributed by atoms with Crippen LogP contribution in [0.1, 0.15) is 43.4 Å². The van der Waals surface area contributed by atoms with Gasteiger partial charge in [-0.25, -0.2) is 0 Å². The quantitative estimate of drug-likeness (QED) is 0.150. The molecule has 0 bridgehead atoms. The number of ketones is 2. The lowest BCUT2D eigenvalue weighted by Crippen LogP contribution is -2.49. The maximum Gasteiger partial charge on any atom is 0.270 e. The number of para-hydroxylation sites is 1. The van der Waals surface area contributed by atoms with Crippen LogP contribution >= 0.6 is 23.2 Å². The molecule has 0 radical (unpaired) electrons. The van der Waals surface area contributed by atoms with Gasteiger partial charge in [0.15, 0.2) is 11.6 Å². The van der Waals surface area contributed by atoms with Gasteiger partial charge >= 0.3 is 0 Å². The molecule has 3 aliphatic rings. The van der Waals surface area contributed by atoms with Crippen molar-refractivity contribution in [3.63, 3.8) is 0 Å². The molecule has 43 heavy (non-hydrogen) atoms. The number of anilines is 1. The number of hydrogen-bond donors (Lipinski definition) is 1. The van der Waals surface area contributed by atoms with Crippen molar-refractivity contribution >= 4 is 58.1 Å². The Morgan fingerprint density at radius 3 is 2.47 bits per heavy atom. The van der Waals surface area contributed by atoms with Crippen LogP contribution in [0.25, 0.3) is 6.08 Å². The van der Waals surface area contributed by atoms with E-state index >= 15 is 0 Å². The lowest BCUT2D eigenvalue weighted by Gasteiger charge is -2.38. The van der Waals surface area contributed by atoms with Crippen molar-refractivity contribution in [2.24, 2.45) is 5.92 Å². The zero-order valence-corrected chi connectivity index (χ0v) is 23.8. The summed E-state index contributed by atoms with van der Waals surface area (Å²) >= 11 is 12.7. The Kier molecular flexibility index (Phi) is 6.23. The summed E-state index contributed by atoms with van der Waals surface area (Å²) in [5.41, 5.74) is 1.09. The molecule has 3 aliphatic heterocycles. The molecular formula is C33H21Cl2N3O5. The molecule has 3 heterocycles. The van der Waals surface area contributed by atoms with Gasteiger partial charge in [0.1, 0.15) is 11.5 Å². The van der Waals surface area contributed by atoms with Crippen LogP contribution in [0.2, 0.25) is 10.0 Å². The summed E-state index contributed by atoms with van der Waals surface area (Å²) in [6, 6.07) is 22.6. The highest BCUT2D eigenvalue weighted by molar-refractivity contribution is 6.37. The Hall–Kier alpha value is -4.79. The van der Waals surface area contributed by atoms with E-state index < -0.39 is 45.8 Å². The highest BCUT2D eigenvalue weighted by atomic mass is 35.5. The first-order chi connectivity index (χ1) is 20.7. The van der Waals surface area contributed by atoms with E-state index in [1.165, 1.54) is 42.5 Å². The average Bonchev–Trinajstić information content (AvgIpc) is 3.48. The van der Waals surface area contributed by atoms with E-state index in [1.807, 2.05) is 30.3 Å². The standard InChI is InChI=1S/C33H21Cl2N3O5/c34-20-12-13-23(25(35)17-20)30(40)27-28(29(39)19-7-5-8-21(16-19)38(42)43)37-15-14-18-6-1-2-9-22(18)31(37)33(27)24-10-3-4-11-26(24)36-32(33)41/h1-17,27-28,31H,(H,36,41)/t27-,28+,31+,33+/m0/s1. The Bertz CT molecular complexity index is 1920. The van der Waals surface area contributed by atoms with E-state index in [2.05, 4.69) is 5.32 Å². The zero-order valence-electron chi connectivity index (χ0n) is 22.2. The number of nitrogens with zero attached hydrogens (tertiary/aromatic N) is 2. The normalized spacial score (nSPS) is 23.0. The topological polar surface area (TPSA) is 110 Å². The number of rotatable bonds is 5. The van der Waals surface area contributed by atoms with Gasteiger partial charge in [-0.15, -0.1) is 0 Å². The number of Topliss-reactive ketones (excluding diaryl/α,β-unsaturated/α-hetero) is 2. The fraction of sp³-hybridized carbons (Fsp3) is 0.121. The van der Waals surface area contributed by atoms with Crippen LogP contribution in [0.4, 0.5) is 11.4 Å². The number of nitrogens with one attached hydrogen (secondary N) is 1. The van der Waals surface area contributed by atoms with E-state index in [1.54, 1.807) is 35.4 Å². The van der Waals surface area contributed by atoms with Crippen LogP contribution in [-0.2, 0) is 10.2 Å². The van der Waals surface area contributed by atoms with Gasteiger partial charge in [0.25, 0.3) is 5.69 Å². The second-order valence-electron chi connectivity index (χ2n) is 10.7. The van der Waals surface area contributed by atoms with E-state index in [-0.39, 0.29) is 21.8 Å². The van der Waals surface area contributed by atoms with Gasteiger partial charge in [-0.05, 0) is 47.0 Å². The van der Waals surface area contributed by atoms with Crippen molar-refractivity contribution in [1.29, 1.82) is 0 Å². The number of nitro groups is 1. The van der Waals surface area contributed by atoms with Gasteiger partial charge in [0.05, 0.1) is 21.9 Å². The first-order valence-electron chi connectivity index (χ1n) is 13.5. The SMILES string of the molecule is O=C(c1ccc(Cl)cc1Cl)[C@@H]1[C@H](C(=O)c2cccc([N+](=O)[O-])c2)N2C=Cc3ccccc3[C@@H]2[C@]12C(=O)Nc1ccccc12. The smallest absolute Gasteiger partial charge is 0.270 e. The highest BCUT2D eigenvalue weighted by Crippen LogP contribution is 2.62. The van der Waals surface area contributed by atoms with E-state index in [4.69, 9.17) is 23.2 Å². The van der Waals surface area contributed by atoms with Crippen molar-refractivity contribution in [1.82, 2.24) is 4.90 Å². The second-order valence-corrected chi connectivity index (χ2v) is 11.6. The molecule has 1 saturated heterocycles. The molecule has 0 unspecified atom stereocenters. The molecule has 4 aromatic carbocycles. The third-order valence-electron chi connectivity index (χ3n) is 8.66. The highest BCUT2D eigenvalue weighted by Gasteiger charge is 2.70. The largest absolute Gasteiger partial charge is 0.358 e. The first-order valence-corrected chi connectivity index (χ1v) is 14.2. The van der Waals surface area contributed by atoms with Crippen molar-refractivity contribution in [2.75, 3.05) is 5.32 Å². The number of amides is 1. The summed E-state index contributed by atoms with van der Waals surface area (Å²) in [7, 11) is 0. The summed E-state index contributed by atoms with van der Waals surface area (Å²) in [4.78, 5) is 56.7. The van der Waals surface area contributed by atoms with E-state index in [0.29, 0.717) is 16.3 Å². The fourth-order valence-corrected chi connectivity index (χ4v) is 7.47. The van der Waals surface area contributed by atoms with Crippen molar-refractivity contribution in [3.05, 3.63) is 145 Å². The Morgan fingerprint density at radius 1 is 0.907 bits per heavy atom. The minimum Gasteiger partial charge on any atom is -0.358 e. The van der Waals surface area contributed by atoms with Crippen molar-refractivity contribution < 1.29 is 19.3 Å². The predicted octanol–water partition coefficient (Wildman–Crippen LogP) is 6.88. The number of benzene rings is 4. The summed E-state index contributed by atoms with van der Waals surface area (Å²) in [6.07, 6.45) is 3.58. The van der Waals surface area contributed by atoms with Crippen LogP contribution in [-0.4, -0.2) is 33.3 Å². The molecule has 0 aromatic heterocycles. The molecular weight excluding hydrogens is 589 g/mol. The van der Waals surface area contributed by atoms with Gasteiger partial charge < -0.3 is 10.2 Å². The van der Waals surface area contributed by atoms with Crippen LogP contribution in [0.5, 0.6) is 0 Å². The van der Waals surface area contributed by atoms with Gasteiger partial charge in [-0.3, -0.25) is 24.5 Å². The number of carbonyl (C=O) groups is 3. The maximum atomic E-state index is 14.9. The number of carbonyl (C=O) groups excluding carboxylic acids is 3. The average molecular weight is 610 g/mol. The molecule has 0 aliphatic carbocycles. The Labute approximate surface area is 255 Å². The fourth-order valence-electron chi connectivity index (χ4n) is 6.97. The molecule has 4 aromatic rings. The van der Waals surface area contributed by atoms with Crippen LogP contribution < -0.4 is 5.32 Å². The lowest BCUT2D eigenvalue weighted by molar-refractivity contribution is -0.384. The molecule has 1 amide bonds. The molecule has 0 saturated carbocycles. The molecule has 1 N–H and O–H groups in total. The van der Waals surface area contributed by atoms with Gasteiger partial charge in [0, 0.05) is 40.2 Å². The Morgan fingerprint density at radius 2 is 1.67 bits per heavy atom. The molecule has 8 nitrogen and oxygen atoms in total. The summed E-state index contributed by atoms with van der Waals surface area (Å²) in [5.74, 6) is -2.75. The van der Waals surface area contributed by atoms with Crippen LogP contribution in [0.3, 0.4) is 0 Å². The second kappa shape index (κ2) is 9.90. The number of hydrogen-bond acceptors (Lipinski definition) is 6. The van der Waals surface area contributed by atoms with E-state index in [0.717, 1.165) is 11.1 Å². The minimum atomic E-state index is -1.56. The van der Waals surface area contributed by atoms with Crippen molar-refractivity contribution in [2.45, 2.75) is 17.5 Å². The molecule has 7 rings (SSSR count). The maximum absolute atomic E-state index is 14.9. The lowest BCUT2D eigenvalue weighted by atomic mass is 9.62. The number of nitro benzene ring substituents is 1. The summed E-state index contributed by atoms with van der Waals surface area (Å²) in [5, 5.41) is 15.0.